The molecule has 18 nitrogen and oxygen atoms in total. The smallest absolute Gasteiger partial charge is 0.216 e. The summed E-state index contributed by atoms with van der Waals surface area (Å²) in [5.74, 6) is 2.85. The van der Waals surface area contributed by atoms with Crippen LogP contribution in [0.25, 0.3) is 17.1 Å². The first kappa shape index (κ1) is 62.8. The number of halogens is 3. The van der Waals surface area contributed by atoms with Crippen LogP contribution in [0.4, 0.5) is 30.6 Å². The lowest BCUT2D eigenvalue weighted by Gasteiger charge is -2.30. The van der Waals surface area contributed by atoms with E-state index in [4.69, 9.17) is 0 Å². The Hall–Kier alpha value is -5.79. The number of anilines is 3. The minimum absolute atomic E-state index is 0.126. The SMILES string of the molecule is CC(C)(C)S(=O)(=O)NCC1CCC(Nc2ccn(-c3ccc(F)cc3)n2)CC1.CC(C)S(=O)(=O)NCC1CCC(Nc2ccn(-c3ccc(F)cc3)n2)CC1.CCS(=O)(=O)NCC1CCC(Nc2ccn(-c3ccc(F)cc3)n2)CC1. The third-order valence-electron chi connectivity index (χ3n) is 15.2. The second-order valence-electron chi connectivity index (χ2n) is 22.6. The number of benzene rings is 3. The number of sulfonamides is 3. The van der Waals surface area contributed by atoms with Gasteiger partial charge in [-0.05, 0) is 209 Å². The predicted molar refractivity (Wildman–Crippen MR) is 315 cm³/mol. The summed E-state index contributed by atoms with van der Waals surface area (Å²) in [6, 6.07) is 25.4. The zero-order valence-electron chi connectivity index (χ0n) is 47.2. The molecule has 81 heavy (non-hydrogen) atoms. The zero-order chi connectivity index (χ0) is 58.4. The van der Waals surface area contributed by atoms with Gasteiger partial charge in [0, 0.05) is 74.5 Å². The highest BCUT2D eigenvalue weighted by molar-refractivity contribution is 7.91. The van der Waals surface area contributed by atoms with Crippen LogP contribution in [0, 0.1) is 35.2 Å². The Morgan fingerprint density at radius 2 is 0.765 bits per heavy atom. The van der Waals surface area contributed by atoms with E-state index < -0.39 is 40.1 Å². The molecule has 0 amide bonds. The molecule has 3 fully saturated rings. The van der Waals surface area contributed by atoms with Crippen molar-refractivity contribution in [3.8, 4) is 17.1 Å². The second kappa shape index (κ2) is 28.5. The molecular formula is C57H81F3N12O6S3. The molecule has 6 N–H and O–H groups in total. The summed E-state index contributed by atoms with van der Waals surface area (Å²) in [6.45, 7) is 11.7. The monoisotopic (exact) mass is 1180 g/mol. The van der Waals surface area contributed by atoms with Crippen LogP contribution in [-0.4, -0.2) is 108 Å². The summed E-state index contributed by atoms with van der Waals surface area (Å²) in [5, 5.41) is 23.5. The molecule has 9 rings (SSSR count). The van der Waals surface area contributed by atoms with Crippen LogP contribution in [0.3, 0.4) is 0 Å². The Morgan fingerprint density at radius 3 is 1.05 bits per heavy atom. The molecule has 3 aliphatic rings. The summed E-state index contributed by atoms with van der Waals surface area (Å²) >= 11 is 0. The first-order valence-electron chi connectivity index (χ1n) is 28.1. The van der Waals surface area contributed by atoms with E-state index in [1.807, 2.05) is 36.8 Å². The van der Waals surface area contributed by atoms with Gasteiger partial charge in [-0.3, -0.25) is 0 Å². The molecule has 3 aliphatic carbocycles. The van der Waals surface area contributed by atoms with Crippen molar-refractivity contribution in [3.63, 3.8) is 0 Å². The first-order valence-corrected chi connectivity index (χ1v) is 32.8. The molecule has 0 bridgehead atoms. The molecule has 3 aromatic carbocycles. The number of hydrogen-bond donors (Lipinski definition) is 6. The van der Waals surface area contributed by atoms with Gasteiger partial charge in [0.25, 0.3) is 0 Å². The largest absolute Gasteiger partial charge is 0.366 e. The molecule has 0 unspecified atom stereocenters. The van der Waals surface area contributed by atoms with E-state index in [-0.39, 0.29) is 23.2 Å². The van der Waals surface area contributed by atoms with Gasteiger partial charge in [0.15, 0.2) is 0 Å². The first-order chi connectivity index (χ1) is 38.4. The number of rotatable bonds is 20. The van der Waals surface area contributed by atoms with Gasteiger partial charge in [-0.2, -0.15) is 15.3 Å². The molecule has 0 atom stereocenters. The maximum atomic E-state index is 13.0. The highest BCUT2D eigenvalue weighted by atomic mass is 32.2. The minimum atomic E-state index is -3.29. The maximum absolute atomic E-state index is 13.0. The number of hydrogen-bond acceptors (Lipinski definition) is 12. The summed E-state index contributed by atoms with van der Waals surface area (Å²) in [7, 11) is -9.58. The number of aromatic nitrogens is 6. The Labute approximate surface area is 477 Å². The fraction of sp³-hybridized carbons (Fsp3) is 0.526. The van der Waals surface area contributed by atoms with Crippen molar-refractivity contribution in [2.45, 2.75) is 147 Å². The van der Waals surface area contributed by atoms with Crippen molar-refractivity contribution in [2.24, 2.45) is 17.8 Å². The number of nitrogens with one attached hydrogen (secondary N) is 6. The van der Waals surface area contributed by atoms with E-state index in [9.17, 15) is 38.4 Å². The van der Waals surface area contributed by atoms with Crippen LogP contribution in [0.2, 0.25) is 0 Å². The highest BCUT2D eigenvalue weighted by Gasteiger charge is 2.31. The van der Waals surface area contributed by atoms with E-state index in [0.717, 1.165) is 112 Å². The summed E-state index contributed by atoms with van der Waals surface area (Å²) < 4.78 is 123. The van der Waals surface area contributed by atoms with Crippen molar-refractivity contribution >= 4 is 47.5 Å². The molecule has 3 heterocycles. The van der Waals surface area contributed by atoms with Crippen molar-refractivity contribution in [1.82, 2.24) is 43.5 Å². The molecule has 0 aliphatic heterocycles. The Kier molecular flexibility index (Phi) is 22.1. The van der Waals surface area contributed by atoms with Crippen molar-refractivity contribution in [2.75, 3.05) is 41.3 Å². The van der Waals surface area contributed by atoms with Crippen LogP contribution in [0.5, 0.6) is 0 Å². The second-order valence-corrected chi connectivity index (χ2v) is 29.5. The Morgan fingerprint density at radius 1 is 0.469 bits per heavy atom. The number of nitrogens with zero attached hydrogens (tertiary/aromatic N) is 6. The average Bonchev–Trinajstić information content (AvgIpc) is 4.24. The fourth-order valence-electron chi connectivity index (χ4n) is 9.77. The van der Waals surface area contributed by atoms with E-state index >= 15 is 0 Å². The van der Waals surface area contributed by atoms with Crippen LogP contribution in [-0.2, 0) is 30.1 Å². The van der Waals surface area contributed by atoms with Crippen molar-refractivity contribution in [3.05, 3.63) is 127 Å². The molecule has 444 valence electrons. The predicted octanol–water partition coefficient (Wildman–Crippen LogP) is 9.93. The van der Waals surface area contributed by atoms with Gasteiger partial charge in [-0.1, -0.05) is 0 Å². The molecule has 3 saturated carbocycles. The summed E-state index contributed by atoms with van der Waals surface area (Å²) in [5.41, 5.74) is 2.43. The van der Waals surface area contributed by atoms with Gasteiger partial charge in [0.1, 0.15) is 34.9 Å². The molecule has 3 aromatic heterocycles. The van der Waals surface area contributed by atoms with Gasteiger partial charge in [-0.15, -0.1) is 0 Å². The average molecular weight is 1180 g/mol. The van der Waals surface area contributed by atoms with Gasteiger partial charge >= 0.3 is 0 Å². The van der Waals surface area contributed by atoms with E-state index in [1.54, 1.807) is 92.0 Å². The van der Waals surface area contributed by atoms with E-state index in [2.05, 4.69) is 45.4 Å². The lowest BCUT2D eigenvalue weighted by molar-refractivity contribution is 0.336. The molecule has 0 spiro atoms. The third-order valence-corrected chi connectivity index (χ3v) is 20.5. The van der Waals surface area contributed by atoms with Gasteiger partial charge < -0.3 is 16.0 Å². The molecule has 24 heteroatoms. The van der Waals surface area contributed by atoms with Crippen molar-refractivity contribution < 1.29 is 38.4 Å². The minimum Gasteiger partial charge on any atom is -0.366 e. The fourth-order valence-corrected chi connectivity index (χ4v) is 12.2. The standard InChI is InChI=1S/C20H29FN4O2S.C19H27FN4O2S.C18H25FN4O2S/c1-20(2,3)28(26,27)22-14-15-4-8-17(9-5-15)23-19-12-13-25(24-19)18-10-6-16(21)7-11-18;1-14(2)27(25,26)21-13-15-3-7-17(8-4-15)22-19-11-12-24(23-19)18-9-5-16(20)6-10-18;1-2-26(24,25)20-13-14-3-7-16(8-4-14)21-18-11-12-23(22-18)17-9-5-15(19)6-10-17/h6-7,10-13,15,17,22H,4-5,8-9,14H2,1-3H3,(H,23,24);5-6,9-12,14-15,17,21H,3-4,7-8,13H2,1-2H3,(H,22,23);5-6,9-12,14,16,20H,2-4,7-8,13H2,1H3,(H,21,22). The van der Waals surface area contributed by atoms with Gasteiger partial charge in [0.2, 0.25) is 30.1 Å². The lowest BCUT2D eigenvalue weighted by atomic mass is 9.86. The molecule has 6 aromatic rings. The summed E-state index contributed by atoms with van der Waals surface area (Å²) in [6.07, 6.45) is 17.3. The van der Waals surface area contributed by atoms with Crippen LogP contribution in [0.15, 0.2) is 110 Å². The normalized spacial score (nSPS) is 20.8. The Bertz CT molecular complexity index is 3220. The van der Waals surface area contributed by atoms with Crippen LogP contribution in [0.1, 0.15) is 119 Å². The maximum Gasteiger partial charge on any atom is 0.216 e. The van der Waals surface area contributed by atoms with Crippen molar-refractivity contribution in [1.29, 1.82) is 0 Å². The summed E-state index contributed by atoms with van der Waals surface area (Å²) in [4.78, 5) is 0. The quantitative estimate of drug-likeness (QED) is 0.0420. The third kappa shape index (κ3) is 19.4. The zero-order valence-corrected chi connectivity index (χ0v) is 49.7. The lowest BCUT2D eigenvalue weighted by Crippen LogP contribution is -2.42. The molecule has 0 saturated heterocycles. The van der Waals surface area contributed by atoms with Crippen LogP contribution >= 0.6 is 0 Å². The Balaban J connectivity index is 0.000000175. The highest BCUT2D eigenvalue weighted by Crippen LogP contribution is 2.30. The topological polar surface area (TPSA) is 228 Å². The van der Waals surface area contributed by atoms with E-state index in [1.165, 1.54) is 36.4 Å². The van der Waals surface area contributed by atoms with E-state index in [0.29, 0.717) is 55.5 Å². The van der Waals surface area contributed by atoms with Gasteiger partial charge in [-0.25, -0.2) is 66.6 Å². The molecular weight excluding hydrogens is 1100 g/mol. The van der Waals surface area contributed by atoms with Gasteiger partial charge in [0.05, 0.1) is 32.8 Å². The van der Waals surface area contributed by atoms with Crippen LogP contribution < -0.4 is 30.1 Å². The molecule has 0 radical (unpaired) electrons.